The molecule has 0 radical (unpaired) electrons. The van der Waals surface area contributed by atoms with Gasteiger partial charge in [-0.1, -0.05) is 28.4 Å². The van der Waals surface area contributed by atoms with Gasteiger partial charge in [-0.15, -0.1) is 5.10 Å². The van der Waals surface area contributed by atoms with E-state index < -0.39 is 31.6 Å². The standard InChI is InChI=1S/C23H16Cl2F5N9O2/c24-14-2-4-17(37-10-18(25)34-35-37)19(20(14)26)12-1-3-16(38(40)9-12)15(5-6-41-23(29)30)36-8-13(7-32-36)21-31-11-33-39(21)22(27)28/h1-4,7-11,15,22-23H,5-6H2/t15-/m1/s1. The lowest BCUT2D eigenvalue weighted by Gasteiger charge is -2.18. The molecule has 0 saturated heterocycles. The summed E-state index contributed by atoms with van der Waals surface area (Å²) in [5.74, 6) is -1.04. The van der Waals surface area contributed by atoms with Crippen LogP contribution in [-0.4, -0.2) is 52.8 Å². The summed E-state index contributed by atoms with van der Waals surface area (Å²) in [6.07, 6.45) is 5.69. The van der Waals surface area contributed by atoms with Crippen LogP contribution in [0.15, 0.2) is 55.4 Å². The molecule has 5 aromatic rings. The second-order valence-corrected chi connectivity index (χ2v) is 9.16. The zero-order valence-electron chi connectivity index (χ0n) is 20.3. The van der Waals surface area contributed by atoms with Crippen molar-refractivity contribution in [2.45, 2.75) is 25.6 Å². The second kappa shape index (κ2) is 11.8. The van der Waals surface area contributed by atoms with Gasteiger partial charge in [0.15, 0.2) is 23.0 Å². The molecule has 41 heavy (non-hydrogen) atoms. The number of benzene rings is 1. The van der Waals surface area contributed by atoms with Gasteiger partial charge in [-0.2, -0.15) is 37.2 Å². The zero-order chi connectivity index (χ0) is 29.3. The largest absolute Gasteiger partial charge is 0.618 e. The molecule has 0 N–H and O–H groups in total. The minimum atomic E-state index is -3.07. The molecule has 0 unspecified atom stereocenters. The van der Waals surface area contributed by atoms with Crippen LogP contribution in [0.25, 0.3) is 28.2 Å². The first-order chi connectivity index (χ1) is 19.6. The van der Waals surface area contributed by atoms with E-state index in [-0.39, 0.29) is 50.5 Å². The molecule has 0 saturated carbocycles. The molecule has 0 aliphatic heterocycles. The fraction of sp³-hybridized carbons (Fsp3) is 0.217. The highest BCUT2D eigenvalue weighted by Crippen LogP contribution is 2.34. The molecule has 0 aliphatic rings. The van der Waals surface area contributed by atoms with Crippen molar-refractivity contribution in [2.75, 3.05) is 6.61 Å². The van der Waals surface area contributed by atoms with Crippen LogP contribution in [0.4, 0.5) is 22.0 Å². The van der Waals surface area contributed by atoms with Crippen molar-refractivity contribution in [3.05, 3.63) is 82.3 Å². The first-order valence-electron chi connectivity index (χ1n) is 11.6. The van der Waals surface area contributed by atoms with Gasteiger partial charge in [0.05, 0.1) is 46.4 Å². The first kappa shape index (κ1) is 28.4. The van der Waals surface area contributed by atoms with Crippen LogP contribution in [-0.2, 0) is 4.74 Å². The van der Waals surface area contributed by atoms with E-state index in [4.69, 9.17) is 23.2 Å². The van der Waals surface area contributed by atoms with Gasteiger partial charge in [0.2, 0.25) is 5.69 Å². The Bertz CT molecular complexity index is 1680. The smallest absolute Gasteiger partial charge is 0.345 e. The fourth-order valence-corrected chi connectivity index (χ4v) is 4.46. The summed E-state index contributed by atoms with van der Waals surface area (Å²) in [7, 11) is 0. The summed E-state index contributed by atoms with van der Waals surface area (Å²) in [5, 5.41) is 28.2. The minimum Gasteiger partial charge on any atom is -0.618 e. The van der Waals surface area contributed by atoms with Gasteiger partial charge in [-0.3, -0.25) is 4.68 Å². The number of pyridine rings is 1. The van der Waals surface area contributed by atoms with Crippen molar-refractivity contribution in [3.8, 4) is 28.2 Å². The quantitative estimate of drug-likeness (QED) is 0.122. The average molecular weight is 616 g/mol. The highest BCUT2D eigenvalue weighted by atomic mass is 35.5. The monoisotopic (exact) mass is 615 g/mol. The van der Waals surface area contributed by atoms with E-state index in [9.17, 15) is 22.8 Å². The van der Waals surface area contributed by atoms with Crippen LogP contribution < -0.4 is 4.73 Å². The number of rotatable bonds is 10. The van der Waals surface area contributed by atoms with E-state index in [1.807, 2.05) is 0 Å². The maximum absolute atomic E-state index is 15.3. The Kier molecular flexibility index (Phi) is 8.14. The summed E-state index contributed by atoms with van der Waals surface area (Å²) < 4.78 is 74.8. The third-order valence-electron chi connectivity index (χ3n) is 5.93. The third-order valence-corrected chi connectivity index (χ3v) is 6.40. The lowest BCUT2D eigenvalue weighted by Crippen LogP contribution is -2.36. The highest BCUT2D eigenvalue weighted by Gasteiger charge is 2.27. The van der Waals surface area contributed by atoms with Crippen molar-refractivity contribution in [2.24, 2.45) is 0 Å². The van der Waals surface area contributed by atoms with Gasteiger partial charge in [0.25, 0.3) is 0 Å². The number of hydrogen-bond acceptors (Lipinski definition) is 7. The Balaban J connectivity index is 1.55. The Morgan fingerprint density at radius 3 is 2.51 bits per heavy atom. The van der Waals surface area contributed by atoms with Crippen LogP contribution in [0.2, 0.25) is 10.2 Å². The molecule has 11 nitrogen and oxygen atoms in total. The molecule has 0 bridgehead atoms. The van der Waals surface area contributed by atoms with Crippen LogP contribution in [0.5, 0.6) is 0 Å². The zero-order valence-corrected chi connectivity index (χ0v) is 21.8. The summed E-state index contributed by atoms with van der Waals surface area (Å²) in [4.78, 5) is 3.81. The summed E-state index contributed by atoms with van der Waals surface area (Å²) >= 11 is 11.9. The van der Waals surface area contributed by atoms with E-state index in [2.05, 4.69) is 30.2 Å². The van der Waals surface area contributed by atoms with Crippen molar-refractivity contribution >= 4 is 23.2 Å². The Labute approximate surface area is 236 Å². The van der Waals surface area contributed by atoms with Crippen LogP contribution in [0.1, 0.15) is 24.7 Å². The Hall–Kier alpha value is -4.15. The number of halogens is 7. The van der Waals surface area contributed by atoms with Gasteiger partial charge < -0.3 is 9.94 Å². The molecular weight excluding hydrogens is 600 g/mol. The highest BCUT2D eigenvalue weighted by molar-refractivity contribution is 6.31. The number of hydrogen-bond donors (Lipinski definition) is 0. The van der Waals surface area contributed by atoms with Crippen molar-refractivity contribution < 1.29 is 31.4 Å². The average Bonchev–Trinajstić information content (AvgIpc) is 3.69. The number of nitrogens with zero attached hydrogens (tertiary/aromatic N) is 9. The molecule has 4 aromatic heterocycles. The first-order valence-corrected chi connectivity index (χ1v) is 12.3. The van der Waals surface area contributed by atoms with E-state index in [0.29, 0.717) is 9.41 Å². The summed E-state index contributed by atoms with van der Waals surface area (Å²) in [6, 6.07) is 4.52. The van der Waals surface area contributed by atoms with Gasteiger partial charge in [0.1, 0.15) is 12.4 Å². The number of ether oxygens (including phenoxy) is 1. The maximum Gasteiger partial charge on any atom is 0.345 e. The molecule has 0 aliphatic carbocycles. The van der Waals surface area contributed by atoms with E-state index in [1.165, 1.54) is 52.2 Å². The van der Waals surface area contributed by atoms with Gasteiger partial charge in [-0.05, 0) is 18.2 Å². The Morgan fingerprint density at radius 1 is 1.02 bits per heavy atom. The molecule has 0 spiro atoms. The molecule has 4 heterocycles. The topological polar surface area (TPSA) is 115 Å². The van der Waals surface area contributed by atoms with E-state index in [1.54, 1.807) is 0 Å². The van der Waals surface area contributed by atoms with Crippen LogP contribution >= 0.6 is 23.2 Å². The maximum atomic E-state index is 15.3. The summed E-state index contributed by atoms with van der Waals surface area (Å²) in [5.41, 5.74) is 0.332. The lowest BCUT2D eigenvalue weighted by atomic mass is 10.0. The minimum absolute atomic E-state index is 0.00405. The van der Waals surface area contributed by atoms with Gasteiger partial charge >= 0.3 is 13.2 Å². The molecule has 214 valence electrons. The number of alkyl halides is 4. The van der Waals surface area contributed by atoms with Crippen molar-refractivity contribution in [1.82, 2.24) is 39.5 Å². The normalized spacial score (nSPS) is 12.5. The van der Waals surface area contributed by atoms with Crippen LogP contribution in [0.3, 0.4) is 0 Å². The molecular formula is C23H16Cl2F5N9O2. The van der Waals surface area contributed by atoms with Crippen molar-refractivity contribution in [1.29, 1.82) is 0 Å². The van der Waals surface area contributed by atoms with Crippen LogP contribution in [0, 0.1) is 11.0 Å². The predicted octanol–water partition coefficient (Wildman–Crippen LogP) is 5.08. The van der Waals surface area contributed by atoms with E-state index in [0.717, 1.165) is 12.5 Å². The number of aromatic nitrogens is 9. The fourth-order valence-electron chi connectivity index (χ4n) is 4.17. The SMILES string of the molecule is [O-][n+]1cc(-c2c(-n3cc(Cl)nn3)ccc(Cl)c2F)ccc1[C@@H](CCOC(F)F)n1cc(-c2ncnn2C(F)F)cn1. The summed E-state index contributed by atoms with van der Waals surface area (Å²) in [6.45, 7) is -6.52. The molecule has 0 fully saturated rings. The molecule has 18 heteroatoms. The molecule has 1 atom stereocenters. The molecule has 1 aromatic carbocycles. The molecule has 0 amide bonds. The third kappa shape index (κ3) is 5.84. The Morgan fingerprint density at radius 2 is 1.83 bits per heavy atom. The van der Waals surface area contributed by atoms with Gasteiger partial charge in [0, 0.05) is 18.7 Å². The lowest BCUT2D eigenvalue weighted by molar-refractivity contribution is -0.615. The predicted molar refractivity (Wildman–Crippen MR) is 133 cm³/mol. The second-order valence-electron chi connectivity index (χ2n) is 8.36. The van der Waals surface area contributed by atoms with Crippen molar-refractivity contribution in [3.63, 3.8) is 0 Å². The molecule has 5 rings (SSSR count). The van der Waals surface area contributed by atoms with Gasteiger partial charge in [-0.25, -0.2) is 14.1 Å². The van der Waals surface area contributed by atoms with E-state index >= 15 is 4.39 Å².